The molecule has 0 saturated carbocycles. The third-order valence-electron chi connectivity index (χ3n) is 4.61. The van der Waals surface area contributed by atoms with Gasteiger partial charge >= 0.3 is 6.18 Å². The van der Waals surface area contributed by atoms with Crippen molar-refractivity contribution in [1.29, 1.82) is 0 Å². The number of likely N-dealkylation sites (tertiary alicyclic amines) is 1. The number of nitrogens with zero attached hydrogens (tertiary/aromatic N) is 6. The van der Waals surface area contributed by atoms with Crippen LogP contribution >= 0.6 is 11.3 Å². The molecule has 4 rings (SSSR count). The van der Waals surface area contributed by atoms with E-state index in [0.717, 1.165) is 9.39 Å². The summed E-state index contributed by atoms with van der Waals surface area (Å²) in [4.78, 5) is 25.7. The lowest BCUT2D eigenvalue weighted by Crippen LogP contribution is -2.28. The Labute approximate surface area is 172 Å². The topological polar surface area (TPSA) is 97.5 Å². The van der Waals surface area contributed by atoms with Crippen LogP contribution in [0.4, 0.5) is 18.3 Å². The first kappa shape index (κ1) is 20.5. The van der Waals surface area contributed by atoms with E-state index in [1.54, 1.807) is 6.20 Å². The number of hydrogen-bond acceptors (Lipinski definition) is 8. The molecule has 3 aromatic rings. The number of nitrogens with one attached hydrogen (secondary N) is 1. The van der Waals surface area contributed by atoms with E-state index in [4.69, 9.17) is 4.74 Å². The van der Waals surface area contributed by atoms with Gasteiger partial charge in [-0.2, -0.15) is 22.7 Å². The molecular formula is C17H18F3N7O2S. The fraction of sp³-hybridized carbons (Fsp3) is 0.471. The van der Waals surface area contributed by atoms with Crippen molar-refractivity contribution in [3.63, 3.8) is 0 Å². The summed E-state index contributed by atoms with van der Waals surface area (Å²) < 4.78 is 45.6. The standard InChI is InChI=1S/C17H18F3N7O2S/c1-9-5-11(7-26(9)8-12-6-22-16(30-12)23-10(2)28)29-13-3-4-21-15-24-14(17(18,19)20)25-27(13)15/h3-4,6,9,11H,5,7-8H2,1-2H3,(H,22,23,28)/t9-,11+/m0/s1. The summed E-state index contributed by atoms with van der Waals surface area (Å²) >= 11 is 1.40. The largest absolute Gasteiger partial charge is 0.473 e. The number of anilines is 1. The van der Waals surface area contributed by atoms with Crippen molar-refractivity contribution in [3.05, 3.63) is 29.2 Å². The molecule has 0 radical (unpaired) electrons. The molecule has 2 atom stereocenters. The quantitative estimate of drug-likeness (QED) is 0.650. The van der Waals surface area contributed by atoms with Gasteiger partial charge in [-0.1, -0.05) is 0 Å². The Kier molecular flexibility index (Phi) is 5.32. The normalized spacial score (nSPS) is 20.0. The van der Waals surface area contributed by atoms with Crippen molar-refractivity contribution in [2.24, 2.45) is 0 Å². The molecule has 1 amide bonds. The van der Waals surface area contributed by atoms with E-state index in [0.29, 0.717) is 24.6 Å². The Morgan fingerprint density at radius 2 is 2.20 bits per heavy atom. The van der Waals surface area contributed by atoms with Crippen LogP contribution in [-0.4, -0.2) is 54.1 Å². The molecule has 30 heavy (non-hydrogen) atoms. The molecule has 0 spiro atoms. The van der Waals surface area contributed by atoms with E-state index in [-0.39, 0.29) is 29.7 Å². The smallest absolute Gasteiger partial charge is 0.453 e. The number of alkyl halides is 3. The highest BCUT2D eigenvalue weighted by Gasteiger charge is 2.37. The van der Waals surface area contributed by atoms with Crippen LogP contribution < -0.4 is 10.1 Å². The number of halogens is 3. The van der Waals surface area contributed by atoms with Gasteiger partial charge in [0.2, 0.25) is 11.8 Å². The summed E-state index contributed by atoms with van der Waals surface area (Å²) in [5, 5.41) is 6.70. The minimum absolute atomic E-state index is 0.160. The van der Waals surface area contributed by atoms with Crippen LogP contribution in [0, 0.1) is 0 Å². The number of amides is 1. The van der Waals surface area contributed by atoms with Gasteiger partial charge in [0.1, 0.15) is 6.10 Å². The molecule has 1 saturated heterocycles. The summed E-state index contributed by atoms with van der Waals surface area (Å²) in [7, 11) is 0. The van der Waals surface area contributed by atoms with Crippen molar-refractivity contribution in [2.75, 3.05) is 11.9 Å². The molecule has 0 aliphatic carbocycles. The van der Waals surface area contributed by atoms with E-state index in [2.05, 4.69) is 37.2 Å². The van der Waals surface area contributed by atoms with Crippen LogP contribution in [0.1, 0.15) is 31.0 Å². The zero-order chi connectivity index (χ0) is 21.5. The molecular weight excluding hydrogens is 423 g/mol. The number of aromatic nitrogens is 5. The van der Waals surface area contributed by atoms with E-state index in [1.807, 2.05) is 0 Å². The first-order valence-electron chi connectivity index (χ1n) is 9.11. The van der Waals surface area contributed by atoms with Crippen LogP contribution in [0.15, 0.2) is 18.5 Å². The van der Waals surface area contributed by atoms with Gasteiger partial charge in [-0.3, -0.25) is 9.69 Å². The average Bonchev–Trinajstić information content (AvgIpc) is 3.34. The lowest BCUT2D eigenvalue weighted by molar-refractivity contribution is -0.144. The predicted octanol–water partition coefficient (Wildman–Crippen LogP) is 2.60. The third-order valence-corrected chi connectivity index (χ3v) is 5.51. The number of fused-ring (bicyclic) bond motifs is 1. The molecule has 0 unspecified atom stereocenters. The lowest BCUT2D eigenvalue weighted by Gasteiger charge is -2.19. The molecule has 1 N–H and O–H groups in total. The van der Waals surface area contributed by atoms with Crippen molar-refractivity contribution >= 4 is 28.2 Å². The molecule has 1 aliphatic rings. The molecule has 3 aromatic heterocycles. The van der Waals surface area contributed by atoms with Gasteiger partial charge in [0.05, 0.1) is 0 Å². The van der Waals surface area contributed by atoms with Crippen LogP contribution in [0.25, 0.3) is 5.78 Å². The summed E-state index contributed by atoms with van der Waals surface area (Å²) in [6, 6.07) is 1.66. The molecule has 160 valence electrons. The van der Waals surface area contributed by atoms with Gasteiger partial charge in [-0.25, -0.2) is 9.97 Å². The van der Waals surface area contributed by atoms with Crippen molar-refractivity contribution in [3.8, 4) is 5.88 Å². The lowest BCUT2D eigenvalue weighted by atomic mass is 10.2. The first-order valence-corrected chi connectivity index (χ1v) is 9.92. The average molecular weight is 441 g/mol. The molecule has 1 fully saturated rings. The number of ether oxygens (including phenoxy) is 1. The predicted molar refractivity (Wildman–Crippen MR) is 101 cm³/mol. The van der Waals surface area contributed by atoms with Gasteiger partial charge < -0.3 is 10.1 Å². The van der Waals surface area contributed by atoms with Crippen LogP contribution in [-0.2, 0) is 17.5 Å². The summed E-state index contributed by atoms with van der Waals surface area (Å²) in [5.74, 6) is -1.44. The molecule has 9 nitrogen and oxygen atoms in total. The number of hydrogen-bond donors (Lipinski definition) is 1. The maximum absolute atomic E-state index is 12.9. The van der Waals surface area contributed by atoms with E-state index in [1.165, 1.54) is 30.5 Å². The highest BCUT2D eigenvalue weighted by atomic mass is 32.1. The summed E-state index contributed by atoms with van der Waals surface area (Å²) in [6.07, 6.45) is -1.13. The molecule has 13 heteroatoms. The Hall–Kier alpha value is -2.80. The minimum atomic E-state index is -4.66. The fourth-order valence-electron chi connectivity index (χ4n) is 3.29. The SMILES string of the molecule is CC(=O)Nc1ncc(CN2C[C@H](Oc3ccnc4nc(C(F)(F)F)nn34)C[C@@H]2C)s1. The Morgan fingerprint density at radius 1 is 1.40 bits per heavy atom. The molecule has 0 aromatic carbocycles. The number of thiazole rings is 1. The van der Waals surface area contributed by atoms with Gasteiger partial charge in [-0.05, 0) is 6.92 Å². The Morgan fingerprint density at radius 3 is 2.93 bits per heavy atom. The zero-order valence-electron chi connectivity index (χ0n) is 16.0. The van der Waals surface area contributed by atoms with Crippen molar-refractivity contribution < 1.29 is 22.7 Å². The van der Waals surface area contributed by atoms with E-state index in [9.17, 15) is 18.0 Å². The minimum Gasteiger partial charge on any atom is -0.473 e. The number of carbonyl (C=O) groups is 1. The molecule has 4 heterocycles. The molecule has 1 aliphatic heterocycles. The first-order chi connectivity index (χ1) is 14.2. The van der Waals surface area contributed by atoms with Crippen LogP contribution in [0.2, 0.25) is 0 Å². The Balaban J connectivity index is 1.44. The van der Waals surface area contributed by atoms with Gasteiger partial charge in [0.15, 0.2) is 5.13 Å². The van der Waals surface area contributed by atoms with E-state index < -0.39 is 12.0 Å². The maximum Gasteiger partial charge on any atom is 0.453 e. The van der Waals surface area contributed by atoms with Crippen LogP contribution in [0.5, 0.6) is 5.88 Å². The van der Waals surface area contributed by atoms with Crippen molar-refractivity contribution in [2.45, 2.75) is 45.1 Å². The third kappa shape index (κ3) is 4.36. The number of rotatable bonds is 5. The highest BCUT2D eigenvalue weighted by molar-refractivity contribution is 7.15. The second kappa shape index (κ2) is 7.80. The fourth-order valence-corrected chi connectivity index (χ4v) is 4.18. The second-order valence-corrected chi connectivity index (χ2v) is 8.11. The van der Waals surface area contributed by atoms with Crippen molar-refractivity contribution in [1.82, 2.24) is 29.5 Å². The monoisotopic (exact) mass is 441 g/mol. The van der Waals surface area contributed by atoms with Gasteiger partial charge in [0, 0.05) is 55.8 Å². The zero-order valence-corrected chi connectivity index (χ0v) is 16.9. The second-order valence-electron chi connectivity index (χ2n) is 6.99. The van der Waals surface area contributed by atoms with Gasteiger partial charge in [0.25, 0.3) is 11.6 Å². The maximum atomic E-state index is 12.9. The summed E-state index contributed by atoms with van der Waals surface area (Å²) in [5.41, 5.74) is 0. The number of carbonyl (C=O) groups excluding carboxylic acids is 1. The molecule has 0 bridgehead atoms. The van der Waals surface area contributed by atoms with E-state index >= 15 is 0 Å². The van der Waals surface area contributed by atoms with Crippen LogP contribution in [0.3, 0.4) is 0 Å². The summed E-state index contributed by atoms with van der Waals surface area (Å²) in [6.45, 7) is 4.69. The van der Waals surface area contributed by atoms with Gasteiger partial charge in [-0.15, -0.1) is 16.4 Å². The Bertz CT molecular complexity index is 1070. The highest BCUT2D eigenvalue weighted by Crippen LogP contribution is 2.29.